The first-order chi connectivity index (χ1) is 18.3. The Labute approximate surface area is 221 Å². The monoisotopic (exact) mass is 562 g/mol. The number of benzene rings is 2. The molecule has 0 saturated heterocycles. The summed E-state index contributed by atoms with van der Waals surface area (Å²) in [6, 6.07) is 6.37. The molecule has 2 aromatic heterocycles. The highest BCUT2D eigenvalue weighted by molar-refractivity contribution is 7.90. The van der Waals surface area contributed by atoms with Crippen molar-refractivity contribution in [2.45, 2.75) is 24.0 Å². The number of H-pyrrole nitrogens is 1. The Morgan fingerprint density at radius 1 is 1.08 bits per heavy atom. The van der Waals surface area contributed by atoms with Gasteiger partial charge in [0.2, 0.25) is 0 Å². The molecule has 0 fully saturated rings. The second kappa shape index (κ2) is 10.5. The summed E-state index contributed by atoms with van der Waals surface area (Å²) in [6.07, 6.45) is 1.52. The Kier molecular flexibility index (Phi) is 7.46. The molecule has 4 aromatic rings. The lowest BCUT2D eigenvalue weighted by atomic mass is 10.0. The number of aromatic amines is 1. The number of aromatic nitrogens is 3. The van der Waals surface area contributed by atoms with E-state index in [1.165, 1.54) is 50.1 Å². The number of halogens is 4. The average Bonchev–Trinajstić information content (AvgIpc) is 3.43. The molecule has 0 aliphatic rings. The predicted molar refractivity (Wildman–Crippen MR) is 135 cm³/mol. The fourth-order valence-corrected chi connectivity index (χ4v) is 4.74. The van der Waals surface area contributed by atoms with E-state index in [4.69, 9.17) is 4.74 Å². The van der Waals surface area contributed by atoms with Crippen LogP contribution in [0, 0.1) is 5.82 Å². The van der Waals surface area contributed by atoms with E-state index in [0.29, 0.717) is 29.1 Å². The Morgan fingerprint density at radius 2 is 1.82 bits per heavy atom. The second-order valence-corrected chi connectivity index (χ2v) is 10.6. The van der Waals surface area contributed by atoms with Crippen LogP contribution in [0.4, 0.5) is 23.2 Å². The molecule has 1 atom stereocenters. The summed E-state index contributed by atoms with van der Waals surface area (Å²) in [5.74, 6) is -1.09. The van der Waals surface area contributed by atoms with Crippen molar-refractivity contribution >= 4 is 21.4 Å². The van der Waals surface area contributed by atoms with Crippen molar-refractivity contribution in [1.29, 1.82) is 0 Å². The van der Waals surface area contributed by atoms with Gasteiger partial charge in [-0.25, -0.2) is 17.8 Å². The number of imidazole rings is 1. The molecule has 0 aliphatic carbocycles. The van der Waals surface area contributed by atoms with E-state index < -0.39 is 49.8 Å². The molecule has 1 amide bonds. The topological polar surface area (TPSA) is 105 Å². The zero-order chi connectivity index (χ0) is 28.5. The van der Waals surface area contributed by atoms with Gasteiger partial charge >= 0.3 is 6.18 Å². The van der Waals surface area contributed by atoms with Crippen LogP contribution >= 0.6 is 0 Å². The Bertz CT molecular complexity index is 1620. The van der Waals surface area contributed by atoms with Crippen LogP contribution in [0.1, 0.15) is 34.7 Å². The molecule has 39 heavy (non-hydrogen) atoms. The van der Waals surface area contributed by atoms with Crippen molar-refractivity contribution in [1.82, 2.24) is 15.0 Å². The van der Waals surface area contributed by atoms with E-state index in [-0.39, 0.29) is 11.4 Å². The molecule has 204 valence electrons. The summed E-state index contributed by atoms with van der Waals surface area (Å²) in [7, 11) is -2.78. The first-order valence-electron chi connectivity index (χ1n) is 11.3. The van der Waals surface area contributed by atoms with Crippen molar-refractivity contribution in [3.8, 4) is 16.9 Å². The normalized spacial score (nSPS) is 12.7. The van der Waals surface area contributed by atoms with Crippen molar-refractivity contribution < 1.29 is 35.5 Å². The SMILES string of the molecule is COc1cc(F)ccc1-c1ccncc1N(C(=O)c1cc(C(F)(F)F)cc(S(C)(=O)=O)c1)C(C)c1ncc[nH]1. The lowest BCUT2D eigenvalue weighted by molar-refractivity contribution is -0.137. The largest absolute Gasteiger partial charge is 0.496 e. The van der Waals surface area contributed by atoms with Gasteiger partial charge < -0.3 is 9.72 Å². The number of carbonyl (C=O) groups excluding carboxylic acids is 1. The summed E-state index contributed by atoms with van der Waals surface area (Å²) in [5, 5.41) is 0. The number of anilines is 1. The van der Waals surface area contributed by atoms with Gasteiger partial charge in [-0.15, -0.1) is 0 Å². The lowest BCUT2D eigenvalue weighted by Gasteiger charge is -2.30. The fraction of sp³-hybridized carbons (Fsp3) is 0.192. The maximum absolute atomic E-state index is 14.0. The molecule has 13 heteroatoms. The first kappa shape index (κ1) is 27.8. The molecule has 0 radical (unpaired) electrons. The first-order valence-corrected chi connectivity index (χ1v) is 13.2. The number of methoxy groups -OCH3 is 1. The van der Waals surface area contributed by atoms with Gasteiger partial charge in [-0.2, -0.15) is 13.2 Å². The Morgan fingerprint density at radius 3 is 2.44 bits per heavy atom. The molecule has 1 unspecified atom stereocenters. The number of pyridine rings is 1. The molecule has 8 nitrogen and oxygen atoms in total. The number of carbonyl (C=O) groups is 1. The van der Waals surface area contributed by atoms with E-state index in [0.717, 1.165) is 23.3 Å². The van der Waals surface area contributed by atoms with Crippen LogP contribution in [-0.4, -0.2) is 42.6 Å². The molecule has 2 aromatic carbocycles. The Balaban J connectivity index is 1.98. The number of ether oxygens (including phenoxy) is 1. The molecular weight excluding hydrogens is 540 g/mol. The summed E-state index contributed by atoms with van der Waals surface area (Å²) < 4.78 is 84.9. The number of amides is 1. The summed E-state index contributed by atoms with van der Waals surface area (Å²) >= 11 is 0. The van der Waals surface area contributed by atoms with E-state index in [2.05, 4.69) is 15.0 Å². The third-order valence-electron chi connectivity index (χ3n) is 5.94. The molecule has 1 N–H and O–H groups in total. The third-order valence-corrected chi connectivity index (χ3v) is 7.04. The number of hydrogen-bond acceptors (Lipinski definition) is 6. The van der Waals surface area contributed by atoms with Gasteiger partial charge in [-0.3, -0.25) is 14.7 Å². The highest BCUT2D eigenvalue weighted by Crippen LogP contribution is 2.40. The van der Waals surface area contributed by atoms with Gasteiger partial charge in [0.1, 0.15) is 17.4 Å². The van der Waals surface area contributed by atoms with Crippen LogP contribution in [0.15, 0.2) is 72.1 Å². The average molecular weight is 563 g/mol. The summed E-state index contributed by atoms with van der Waals surface area (Å²) in [6.45, 7) is 1.58. The van der Waals surface area contributed by atoms with E-state index in [9.17, 15) is 30.8 Å². The molecule has 0 bridgehead atoms. The maximum atomic E-state index is 14.0. The van der Waals surface area contributed by atoms with Gasteiger partial charge in [-0.05, 0) is 43.3 Å². The van der Waals surface area contributed by atoms with Crippen LogP contribution < -0.4 is 9.64 Å². The van der Waals surface area contributed by atoms with E-state index in [1.807, 2.05) is 0 Å². The third kappa shape index (κ3) is 5.77. The smallest absolute Gasteiger partial charge is 0.416 e. The van der Waals surface area contributed by atoms with Crippen molar-refractivity contribution in [3.63, 3.8) is 0 Å². The quantitative estimate of drug-likeness (QED) is 0.301. The predicted octanol–water partition coefficient (Wildman–Crippen LogP) is 5.45. The molecule has 4 rings (SSSR count). The number of alkyl halides is 3. The van der Waals surface area contributed by atoms with Gasteiger partial charge in [0.15, 0.2) is 9.84 Å². The zero-order valence-electron chi connectivity index (χ0n) is 20.8. The summed E-state index contributed by atoms with van der Waals surface area (Å²) in [5.41, 5.74) is -0.962. The standard InChI is InChI=1S/C26H22F4N4O4S/c1-15(24-32-8-9-33-24)34(22-14-31-7-6-20(22)21-5-4-18(27)13-23(21)38-2)25(35)16-10-17(26(28,29)30)12-19(11-16)39(3,36)37/h4-15H,1-3H3,(H,32,33). The number of sulfone groups is 1. The second-order valence-electron chi connectivity index (χ2n) is 8.58. The minimum atomic E-state index is -4.92. The van der Waals surface area contributed by atoms with Crippen LogP contribution in [0.3, 0.4) is 0 Å². The molecule has 0 saturated carbocycles. The van der Waals surface area contributed by atoms with Crippen molar-refractivity contribution in [3.05, 3.63) is 90.0 Å². The van der Waals surface area contributed by atoms with Gasteiger partial charge in [0, 0.05) is 47.6 Å². The minimum Gasteiger partial charge on any atom is -0.496 e. The number of nitrogens with zero attached hydrogens (tertiary/aromatic N) is 3. The molecule has 0 spiro atoms. The molecule has 2 heterocycles. The zero-order valence-corrected chi connectivity index (χ0v) is 21.6. The molecule has 0 aliphatic heterocycles. The Hall–Kier alpha value is -4.26. The minimum absolute atomic E-state index is 0.134. The highest BCUT2D eigenvalue weighted by Gasteiger charge is 2.35. The van der Waals surface area contributed by atoms with Crippen LogP contribution in [0.5, 0.6) is 5.75 Å². The maximum Gasteiger partial charge on any atom is 0.416 e. The number of nitrogens with one attached hydrogen (secondary N) is 1. The van der Waals surface area contributed by atoms with Gasteiger partial charge in [0.25, 0.3) is 5.91 Å². The van der Waals surface area contributed by atoms with Crippen LogP contribution in [-0.2, 0) is 16.0 Å². The van der Waals surface area contributed by atoms with Crippen LogP contribution in [0.2, 0.25) is 0 Å². The van der Waals surface area contributed by atoms with Gasteiger partial charge in [0.05, 0.1) is 35.5 Å². The summed E-state index contributed by atoms with van der Waals surface area (Å²) in [4.78, 5) is 25.7. The number of rotatable bonds is 7. The fourth-order valence-electron chi connectivity index (χ4n) is 4.05. The van der Waals surface area contributed by atoms with Crippen molar-refractivity contribution in [2.75, 3.05) is 18.3 Å². The highest BCUT2D eigenvalue weighted by atomic mass is 32.2. The molecular formula is C26H22F4N4O4S. The van der Waals surface area contributed by atoms with E-state index >= 15 is 0 Å². The lowest BCUT2D eigenvalue weighted by Crippen LogP contribution is -2.35. The van der Waals surface area contributed by atoms with E-state index in [1.54, 1.807) is 6.92 Å². The van der Waals surface area contributed by atoms with Crippen molar-refractivity contribution in [2.24, 2.45) is 0 Å². The van der Waals surface area contributed by atoms with Crippen LogP contribution in [0.25, 0.3) is 11.1 Å². The number of hydrogen-bond donors (Lipinski definition) is 1. The van der Waals surface area contributed by atoms with Gasteiger partial charge in [-0.1, -0.05) is 0 Å².